The van der Waals surface area contributed by atoms with Crippen molar-refractivity contribution in [1.29, 1.82) is 0 Å². The maximum Gasteiger partial charge on any atom is 0.292 e. The van der Waals surface area contributed by atoms with Crippen LogP contribution in [-0.2, 0) is 0 Å². The predicted molar refractivity (Wildman–Crippen MR) is 71.4 cm³/mol. The molecule has 1 aromatic heterocycles. The number of nitrogens with one attached hydrogen (secondary N) is 1. The minimum Gasteiger partial charge on any atom is -0.456 e. The van der Waals surface area contributed by atoms with Crippen molar-refractivity contribution in [1.82, 2.24) is 5.32 Å². The smallest absolute Gasteiger partial charge is 0.292 e. The standard InChI is InChI=1S/C12H16N2O2S/c1-7(2)17-12(13-5)14-11(15)10-6-8(3)9(4)16-10/h6H,1H2,2-5H3,(H,13,14,15). The number of hydrogen-bond donors (Lipinski definition) is 1. The number of aliphatic imine (C=N–C) groups is 1. The molecule has 0 saturated heterocycles. The first kappa shape index (κ1) is 13.6. The van der Waals surface area contributed by atoms with E-state index in [1.807, 2.05) is 20.8 Å². The summed E-state index contributed by atoms with van der Waals surface area (Å²) in [4.78, 5) is 16.7. The van der Waals surface area contributed by atoms with Crippen LogP contribution in [0.15, 0.2) is 27.0 Å². The van der Waals surface area contributed by atoms with Gasteiger partial charge >= 0.3 is 0 Å². The van der Waals surface area contributed by atoms with Gasteiger partial charge in [-0.3, -0.25) is 15.1 Å². The summed E-state index contributed by atoms with van der Waals surface area (Å²) < 4.78 is 5.33. The van der Waals surface area contributed by atoms with Gasteiger partial charge in [-0.25, -0.2) is 0 Å². The van der Waals surface area contributed by atoms with Crippen molar-refractivity contribution in [3.8, 4) is 0 Å². The Morgan fingerprint density at radius 3 is 2.59 bits per heavy atom. The van der Waals surface area contributed by atoms with Crippen LogP contribution in [0.1, 0.15) is 28.8 Å². The number of rotatable bonds is 2. The minimum atomic E-state index is -0.296. The monoisotopic (exact) mass is 252 g/mol. The van der Waals surface area contributed by atoms with Gasteiger partial charge in [-0.1, -0.05) is 18.3 Å². The first-order chi connectivity index (χ1) is 7.93. The number of amidine groups is 1. The highest BCUT2D eigenvalue weighted by atomic mass is 32.2. The fourth-order valence-electron chi connectivity index (χ4n) is 1.14. The number of carbonyl (C=O) groups is 1. The second-order valence-corrected chi connectivity index (χ2v) is 4.92. The fourth-order valence-corrected chi connectivity index (χ4v) is 1.70. The highest BCUT2D eigenvalue weighted by Crippen LogP contribution is 2.15. The second kappa shape index (κ2) is 5.72. The number of amides is 1. The molecule has 0 atom stereocenters. The number of thioether (sulfide) groups is 1. The summed E-state index contributed by atoms with van der Waals surface area (Å²) >= 11 is 1.32. The van der Waals surface area contributed by atoms with Gasteiger partial charge in [0.25, 0.3) is 5.91 Å². The lowest BCUT2D eigenvalue weighted by molar-refractivity contribution is 0.0949. The molecule has 0 aliphatic carbocycles. The zero-order valence-corrected chi connectivity index (χ0v) is 11.3. The lowest BCUT2D eigenvalue weighted by atomic mass is 10.3. The van der Waals surface area contributed by atoms with Crippen LogP contribution in [0.3, 0.4) is 0 Å². The van der Waals surface area contributed by atoms with Crippen molar-refractivity contribution in [2.75, 3.05) is 7.05 Å². The van der Waals surface area contributed by atoms with Crippen LogP contribution >= 0.6 is 11.8 Å². The molecule has 4 nitrogen and oxygen atoms in total. The molecule has 0 bridgehead atoms. The van der Waals surface area contributed by atoms with Crippen molar-refractivity contribution < 1.29 is 9.21 Å². The van der Waals surface area contributed by atoms with Gasteiger partial charge in [-0.05, 0) is 37.3 Å². The van der Waals surface area contributed by atoms with Gasteiger partial charge in [-0.15, -0.1) is 0 Å². The third-order valence-electron chi connectivity index (χ3n) is 2.08. The van der Waals surface area contributed by atoms with Gasteiger partial charge < -0.3 is 4.42 Å². The summed E-state index contributed by atoms with van der Waals surface area (Å²) in [5.41, 5.74) is 0.956. The Morgan fingerprint density at radius 2 is 2.18 bits per heavy atom. The lowest BCUT2D eigenvalue weighted by Gasteiger charge is -2.05. The van der Waals surface area contributed by atoms with E-state index in [2.05, 4.69) is 16.9 Å². The Labute approximate surface area is 105 Å². The molecule has 92 valence electrons. The SMILES string of the molecule is C=C(C)S/C(=N\C)NC(=O)c1cc(C)c(C)o1. The zero-order chi connectivity index (χ0) is 13.0. The van der Waals surface area contributed by atoms with Gasteiger partial charge in [0, 0.05) is 7.05 Å². The van der Waals surface area contributed by atoms with Crippen molar-refractivity contribution in [2.45, 2.75) is 20.8 Å². The van der Waals surface area contributed by atoms with Crippen LogP contribution in [0.25, 0.3) is 0 Å². The van der Waals surface area contributed by atoms with Crippen molar-refractivity contribution in [3.63, 3.8) is 0 Å². The van der Waals surface area contributed by atoms with E-state index in [9.17, 15) is 4.79 Å². The highest BCUT2D eigenvalue weighted by Gasteiger charge is 2.14. The molecule has 1 amide bonds. The Bertz CT molecular complexity index is 455. The molecule has 0 saturated carbocycles. The Hall–Kier alpha value is -1.49. The van der Waals surface area contributed by atoms with E-state index in [0.29, 0.717) is 10.9 Å². The van der Waals surface area contributed by atoms with Gasteiger partial charge in [0.15, 0.2) is 10.9 Å². The van der Waals surface area contributed by atoms with Gasteiger partial charge in [0.2, 0.25) is 0 Å². The molecule has 17 heavy (non-hydrogen) atoms. The van der Waals surface area contributed by atoms with E-state index < -0.39 is 0 Å². The van der Waals surface area contributed by atoms with E-state index >= 15 is 0 Å². The molecule has 0 fully saturated rings. The largest absolute Gasteiger partial charge is 0.456 e. The number of furan rings is 1. The van der Waals surface area contributed by atoms with Crippen LogP contribution in [0, 0.1) is 13.8 Å². The summed E-state index contributed by atoms with van der Waals surface area (Å²) in [5, 5.41) is 3.18. The van der Waals surface area contributed by atoms with Crippen LogP contribution in [0.2, 0.25) is 0 Å². The summed E-state index contributed by atoms with van der Waals surface area (Å²) in [5.74, 6) is 0.747. The first-order valence-corrected chi connectivity index (χ1v) is 5.94. The summed E-state index contributed by atoms with van der Waals surface area (Å²) in [6.07, 6.45) is 0. The molecular formula is C12H16N2O2S. The molecule has 0 aliphatic rings. The molecule has 0 unspecified atom stereocenters. The predicted octanol–water partition coefficient (Wildman–Crippen LogP) is 2.88. The van der Waals surface area contributed by atoms with Crippen molar-refractivity contribution in [2.24, 2.45) is 4.99 Å². The summed E-state index contributed by atoms with van der Waals surface area (Å²) in [6, 6.07) is 1.71. The third kappa shape index (κ3) is 3.78. The summed E-state index contributed by atoms with van der Waals surface area (Å²) in [6.45, 7) is 9.32. The van der Waals surface area contributed by atoms with E-state index in [1.165, 1.54) is 11.8 Å². The topological polar surface area (TPSA) is 54.6 Å². The second-order valence-electron chi connectivity index (χ2n) is 3.64. The average Bonchev–Trinajstić information content (AvgIpc) is 2.57. The number of carbonyl (C=O) groups excluding carboxylic acids is 1. The highest BCUT2D eigenvalue weighted by molar-refractivity contribution is 8.17. The van der Waals surface area contributed by atoms with Crippen LogP contribution in [0.5, 0.6) is 0 Å². The maximum atomic E-state index is 11.8. The molecule has 0 aromatic carbocycles. The van der Waals surface area contributed by atoms with Crippen LogP contribution in [0.4, 0.5) is 0 Å². The fraction of sp³-hybridized carbons (Fsp3) is 0.333. The Morgan fingerprint density at radius 1 is 1.53 bits per heavy atom. The zero-order valence-electron chi connectivity index (χ0n) is 10.5. The molecule has 0 spiro atoms. The molecule has 0 radical (unpaired) electrons. The van der Waals surface area contributed by atoms with Crippen molar-refractivity contribution >= 4 is 22.8 Å². The average molecular weight is 252 g/mol. The van der Waals surface area contributed by atoms with Gasteiger partial charge in [0.1, 0.15) is 5.76 Å². The molecule has 1 N–H and O–H groups in total. The summed E-state index contributed by atoms with van der Waals surface area (Å²) in [7, 11) is 1.62. The quantitative estimate of drug-likeness (QED) is 0.650. The molecular weight excluding hydrogens is 236 g/mol. The van der Waals surface area contributed by atoms with Crippen molar-refractivity contribution in [3.05, 3.63) is 34.6 Å². The number of allylic oxidation sites excluding steroid dienone is 1. The van der Waals surface area contributed by atoms with Gasteiger partial charge in [0.05, 0.1) is 0 Å². The first-order valence-electron chi connectivity index (χ1n) is 5.12. The normalized spacial score (nSPS) is 11.4. The molecule has 1 aromatic rings. The number of nitrogens with zero attached hydrogens (tertiary/aromatic N) is 1. The van der Waals surface area contributed by atoms with Crippen LogP contribution < -0.4 is 5.32 Å². The molecule has 0 aliphatic heterocycles. The number of aryl methyl sites for hydroxylation is 2. The Kier molecular flexibility index (Phi) is 4.57. The van der Waals surface area contributed by atoms with E-state index in [4.69, 9.17) is 4.42 Å². The Balaban J connectivity index is 2.75. The van der Waals surface area contributed by atoms with E-state index in [-0.39, 0.29) is 5.91 Å². The molecule has 1 rings (SSSR count). The van der Waals surface area contributed by atoms with Gasteiger partial charge in [-0.2, -0.15) is 0 Å². The molecule has 1 heterocycles. The van der Waals surface area contributed by atoms with E-state index in [1.54, 1.807) is 13.1 Å². The molecule has 5 heteroatoms. The lowest BCUT2D eigenvalue weighted by Crippen LogP contribution is -2.27. The number of hydrogen-bond acceptors (Lipinski definition) is 4. The van der Waals surface area contributed by atoms with Crippen LogP contribution in [-0.4, -0.2) is 18.1 Å². The van der Waals surface area contributed by atoms with E-state index in [0.717, 1.165) is 16.2 Å². The maximum absolute atomic E-state index is 11.8. The third-order valence-corrected chi connectivity index (χ3v) is 2.91. The minimum absolute atomic E-state index is 0.295.